The predicted octanol–water partition coefficient (Wildman–Crippen LogP) is 3.05. The lowest BCUT2D eigenvalue weighted by Gasteiger charge is -2.11. The Morgan fingerprint density at radius 2 is 2.06 bits per heavy atom. The summed E-state index contributed by atoms with van der Waals surface area (Å²) in [6, 6.07) is 8.15. The molecule has 2 atom stereocenters. The van der Waals surface area contributed by atoms with E-state index in [-0.39, 0.29) is 11.4 Å². The van der Waals surface area contributed by atoms with Gasteiger partial charge in [-0.2, -0.15) is 0 Å². The van der Waals surface area contributed by atoms with Crippen LogP contribution >= 0.6 is 0 Å². The van der Waals surface area contributed by atoms with Crippen LogP contribution in [0.2, 0.25) is 0 Å². The monoisotopic (exact) mass is 246 g/mol. The molecule has 0 unspecified atom stereocenters. The lowest BCUT2D eigenvalue weighted by atomic mass is 9.95. The number of rotatable bonds is 4. The quantitative estimate of drug-likeness (QED) is 0.605. The van der Waals surface area contributed by atoms with Crippen LogP contribution in [0, 0.1) is 5.92 Å². The Labute approximate surface area is 107 Å². The summed E-state index contributed by atoms with van der Waals surface area (Å²) in [6.45, 7) is 3.62. The summed E-state index contributed by atoms with van der Waals surface area (Å²) in [5.41, 5.74) is 1.45. The van der Waals surface area contributed by atoms with Gasteiger partial charge in [0.15, 0.2) is 0 Å². The Kier molecular flexibility index (Phi) is 3.41. The number of hydrogen-bond acceptors (Lipinski definition) is 3. The molecule has 1 fully saturated rings. The van der Waals surface area contributed by atoms with E-state index in [4.69, 9.17) is 9.47 Å². The molecule has 1 aromatic carbocycles. The molecule has 0 spiro atoms. The molecule has 1 aromatic rings. The molecule has 1 aliphatic carbocycles. The first kappa shape index (κ1) is 12.7. The third-order valence-electron chi connectivity index (χ3n) is 3.60. The second kappa shape index (κ2) is 4.84. The highest BCUT2D eigenvalue weighted by Crippen LogP contribution is 2.54. The van der Waals surface area contributed by atoms with Crippen molar-refractivity contribution in [2.45, 2.75) is 25.7 Å². The fourth-order valence-electron chi connectivity index (χ4n) is 2.21. The second-order valence-corrected chi connectivity index (χ2v) is 4.89. The van der Waals surface area contributed by atoms with Gasteiger partial charge in [-0.1, -0.05) is 19.1 Å². The van der Waals surface area contributed by atoms with Crippen LogP contribution in [-0.4, -0.2) is 13.1 Å². The molecule has 96 valence electrons. The summed E-state index contributed by atoms with van der Waals surface area (Å²) >= 11 is 0. The first-order chi connectivity index (χ1) is 8.56. The fraction of sp³-hybridized carbons (Fsp3) is 0.400. The number of ether oxygens (including phenoxy) is 2. The van der Waals surface area contributed by atoms with Gasteiger partial charge < -0.3 is 9.47 Å². The molecule has 0 bridgehead atoms. The number of benzene rings is 1. The van der Waals surface area contributed by atoms with E-state index >= 15 is 0 Å². The Balaban J connectivity index is 2.01. The molecule has 0 aliphatic heterocycles. The van der Waals surface area contributed by atoms with Gasteiger partial charge in [0, 0.05) is 6.92 Å². The molecule has 3 nitrogen and oxygen atoms in total. The standard InChI is InChI=1S/C15H18O3/c1-11(16)18-9-8-13-10-15(13,2)12-4-6-14(17-3)7-5-12/h4-9,13H,10H2,1-3H3/b9-8+/t13-,15+/m0/s1. The normalized spacial score (nSPS) is 26.1. The Morgan fingerprint density at radius 1 is 1.39 bits per heavy atom. The smallest absolute Gasteiger partial charge is 0.307 e. The highest BCUT2D eigenvalue weighted by atomic mass is 16.5. The van der Waals surface area contributed by atoms with Gasteiger partial charge in [0.2, 0.25) is 0 Å². The summed E-state index contributed by atoms with van der Waals surface area (Å²) in [5.74, 6) is 1.03. The minimum atomic E-state index is -0.280. The molecular formula is C15H18O3. The van der Waals surface area contributed by atoms with E-state index < -0.39 is 0 Å². The van der Waals surface area contributed by atoms with E-state index in [1.54, 1.807) is 7.11 Å². The lowest BCUT2D eigenvalue weighted by Crippen LogP contribution is -2.03. The molecule has 0 radical (unpaired) electrons. The van der Waals surface area contributed by atoms with Gasteiger partial charge in [-0.05, 0) is 41.5 Å². The predicted molar refractivity (Wildman–Crippen MR) is 69.4 cm³/mol. The molecule has 1 saturated carbocycles. The van der Waals surface area contributed by atoms with Crippen molar-refractivity contribution in [3.8, 4) is 5.75 Å². The van der Waals surface area contributed by atoms with Crippen LogP contribution in [0.4, 0.5) is 0 Å². The molecule has 0 N–H and O–H groups in total. The Morgan fingerprint density at radius 3 is 2.61 bits per heavy atom. The van der Waals surface area contributed by atoms with E-state index in [0.717, 1.165) is 12.2 Å². The highest BCUT2D eigenvalue weighted by molar-refractivity contribution is 5.66. The lowest BCUT2D eigenvalue weighted by molar-refractivity contribution is -0.135. The van der Waals surface area contributed by atoms with Gasteiger partial charge in [-0.15, -0.1) is 0 Å². The topological polar surface area (TPSA) is 35.5 Å². The van der Waals surface area contributed by atoms with Crippen LogP contribution in [0.1, 0.15) is 25.8 Å². The molecule has 1 aliphatic rings. The van der Waals surface area contributed by atoms with Gasteiger partial charge in [0.1, 0.15) is 5.75 Å². The summed E-state index contributed by atoms with van der Waals surface area (Å²) in [6.07, 6.45) is 4.55. The van der Waals surface area contributed by atoms with Crippen molar-refractivity contribution in [2.75, 3.05) is 7.11 Å². The summed E-state index contributed by atoms with van der Waals surface area (Å²) in [7, 11) is 1.67. The van der Waals surface area contributed by atoms with Gasteiger partial charge in [0.05, 0.1) is 13.4 Å². The SMILES string of the molecule is COc1ccc([C@@]2(C)C[C@@H]2/C=C/OC(C)=O)cc1. The van der Waals surface area contributed by atoms with E-state index in [0.29, 0.717) is 5.92 Å². The van der Waals surface area contributed by atoms with Crippen molar-refractivity contribution in [3.05, 3.63) is 42.2 Å². The zero-order valence-electron chi connectivity index (χ0n) is 11.0. The number of carbonyl (C=O) groups is 1. The van der Waals surface area contributed by atoms with Crippen LogP contribution in [0.5, 0.6) is 5.75 Å². The van der Waals surface area contributed by atoms with Crippen LogP contribution in [0.25, 0.3) is 0 Å². The zero-order valence-corrected chi connectivity index (χ0v) is 11.0. The van der Waals surface area contributed by atoms with Crippen molar-refractivity contribution in [3.63, 3.8) is 0 Å². The molecule has 0 heterocycles. The Bertz CT molecular complexity index is 461. The highest BCUT2D eigenvalue weighted by Gasteiger charge is 2.49. The summed E-state index contributed by atoms with van der Waals surface area (Å²) < 4.78 is 9.97. The summed E-state index contributed by atoms with van der Waals surface area (Å²) in [4.78, 5) is 10.7. The third kappa shape index (κ3) is 2.55. The molecule has 0 aromatic heterocycles. The van der Waals surface area contributed by atoms with E-state index in [1.165, 1.54) is 18.7 Å². The molecular weight excluding hydrogens is 228 g/mol. The van der Waals surface area contributed by atoms with Crippen molar-refractivity contribution in [1.29, 1.82) is 0 Å². The average Bonchev–Trinajstić information content (AvgIpc) is 3.01. The van der Waals surface area contributed by atoms with Gasteiger partial charge in [0.25, 0.3) is 0 Å². The fourth-order valence-corrected chi connectivity index (χ4v) is 2.21. The molecule has 3 heteroatoms. The minimum absolute atomic E-state index is 0.156. The molecule has 0 saturated heterocycles. The van der Waals surface area contributed by atoms with Gasteiger partial charge >= 0.3 is 5.97 Å². The van der Waals surface area contributed by atoms with Gasteiger partial charge in [-0.25, -0.2) is 0 Å². The summed E-state index contributed by atoms with van der Waals surface area (Å²) in [5, 5.41) is 0. The maximum absolute atomic E-state index is 10.7. The van der Waals surface area contributed by atoms with Gasteiger partial charge in [-0.3, -0.25) is 4.79 Å². The third-order valence-corrected chi connectivity index (χ3v) is 3.60. The second-order valence-electron chi connectivity index (χ2n) is 4.89. The number of hydrogen-bond donors (Lipinski definition) is 0. The van der Waals surface area contributed by atoms with E-state index in [9.17, 15) is 4.79 Å². The van der Waals surface area contributed by atoms with E-state index in [1.807, 2.05) is 18.2 Å². The van der Waals surface area contributed by atoms with Crippen LogP contribution in [-0.2, 0) is 14.9 Å². The molecule has 18 heavy (non-hydrogen) atoms. The Hall–Kier alpha value is -1.77. The van der Waals surface area contributed by atoms with E-state index in [2.05, 4.69) is 19.1 Å². The number of allylic oxidation sites excluding steroid dienone is 1. The van der Waals surface area contributed by atoms with Crippen molar-refractivity contribution in [1.82, 2.24) is 0 Å². The van der Waals surface area contributed by atoms with Crippen molar-refractivity contribution in [2.24, 2.45) is 5.92 Å². The van der Waals surface area contributed by atoms with Crippen LogP contribution in [0.3, 0.4) is 0 Å². The van der Waals surface area contributed by atoms with Crippen molar-refractivity contribution < 1.29 is 14.3 Å². The maximum atomic E-state index is 10.7. The zero-order chi connectivity index (χ0) is 13.2. The number of carbonyl (C=O) groups excluding carboxylic acids is 1. The van der Waals surface area contributed by atoms with Crippen LogP contribution < -0.4 is 4.74 Å². The number of esters is 1. The first-order valence-electron chi connectivity index (χ1n) is 6.04. The average molecular weight is 246 g/mol. The number of methoxy groups -OCH3 is 1. The minimum Gasteiger partial charge on any atom is -0.497 e. The van der Waals surface area contributed by atoms with Crippen molar-refractivity contribution >= 4 is 5.97 Å². The maximum Gasteiger partial charge on any atom is 0.307 e. The molecule has 0 amide bonds. The van der Waals surface area contributed by atoms with Crippen LogP contribution in [0.15, 0.2) is 36.6 Å². The molecule has 2 rings (SSSR count). The largest absolute Gasteiger partial charge is 0.497 e. The first-order valence-corrected chi connectivity index (χ1v) is 6.04.